The Morgan fingerprint density at radius 3 is 2.84 bits per heavy atom. The van der Waals surface area contributed by atoms with E-state index in [9.17, 15) is 4.79 Å². The van der Waals surface area contributed by atoms with Gasteiger partial charge in [0, 0.05) is 18.8 Å². The average Bonchev–Trinajstić information content (AvgIpc) is 2.46. The smallest absolute Gasteiger partial charge is 0.259 e. The quantitative estimate of drug-likeness (QED) is 0.856. The van der Waals surface area contributed by atoms with Gasteiger partial charge < -0.3 is 0 Å². The molecule has 2 aromatic rings. The van der Waals surface area contributed by atoms with Crippen LogP contribution >= 0.6 is 15.9 Å². The summed E-state index contributed by atoms with van der Waals surface area (Å²) in [5.41, 5.74) is 0.915. The van der Waals surface area contributed by atoms with Crippen molar-refractivity contribution >= 4 is 27.7 Å². The number of rotatable bonds is 2. The lowest BCUT2D eigenvalue weighted by Crippen LogP contribution is -2.27. The molecule has 0 fully saturated rings. The van der Waals surface area contributed by atoms with Gasteiger partial charge in [-0.1, -0.05) is 6.07 Å². The van der Waals surface area contributed by atoms with Gasteiger partial charge in [-0.05, 0) is 46.3 Å². The summed E-state index contributed by atoms with van der Waals surface area (Å²) in [6.07, 6.45) is 1.62. The normalized spacial score (nSPS) is 9.74. The highest BCUT2D eigenvalue weighted by atomic mass is 79.9. The second-order valence-corrected chi connectivity index (χ2v) is 4.72. The third-order valence-corrected chi connectivity index (χ3v) is 3.22. The zero-order valence-corrected chi connectivity index (χ0v) is 11.8. The zero-order valence-electron chi connectivity index (χ0n) is 10.2. The first kappa shape index (κ1) is 13.2. The van der Waals surface area contributed by atoms with Gasteiger partial charge in [0.05, 0.1) is 16.1 Å². The molecule has 0 saturated carbocycles. The average molecular weight is 316 g/mol. The molecular weight excluding hydrogens is 306 g/mol. The molecule has 1 heterocycles. The highest BCUT2D eigenvalue weighted by Crippen LogP contribution is 2.23. The standard InChI is InChI=1S/C14H10BrN3O/c1-18(13-12(15)6-3-7-17-13)14(19)11-5-2-4-10(8-11)9-16/h2-8H,1H3. The number of nitrogens with zero attached hydrogens (tertiary/aromatic N) is 3. The van der Waals surface area contributed by atoms with Crippen molar-refractivity contribution in [2.24, 2.45) is 0 Å². The van der Waals surface area contributed by atoms with Gasteiger partial charge in [-0.25, -0.2) is 4.98 Å². The third kappa shape index (κ3) is 2.80. The number of carbonyl (C=O) groups is 1. The van der Waals surface area contributed by atoms with E-state index in [1.165, 1.54) is 4.90 Å². The lowest BCUT2D eigenvalue weighted by molar-refractivity contribution is 0.0992. The van der Waals surface area contributed by atoms with E-state index in [4.69, 9.17) is 5.26 Å². The van der Waals surface area contributed by atoms with Crippen LogP contribution in [0, 0.1) is 11.3 Å². The Labute approximate surface area is 119 Å². The summed E-state index contributed by atoms with van der Waals surface area (Å²) in [6, 6.07) is 12.2. The molecule has 1 aromatic carbocycles. The molecule has 0 aliphatic carbocycles. The molecule has 0 spiro atoms. The molecule has 1 amide bonds. The molecule has 19 heavy (non-hydrogen) atoms. The number of nitriles is 1. The van der Waals surface area contributed by atoms with E-state index in [1.807, 2.05) is 12.1 Å². The molecule has 4 nitrogen and oxygen atoms in total. The van der Waals surface area contributed by atoms with Crippen molar-refractivity contribution in [3.8, 4) is 6.07 Å². The van der Waals surface area contributed by atoms with Gasteiger partial charge in [0.15, 0.2) is 0 Å². The van der Waals surface area contributed by atoms with Gasteiger partial charge in [-0.2, -0.15) is 5.26 Å². The Morgan fingerprint density at radius 2 is 2.16 bits per heavy atom. The second kappa shape index (κ2) is 5.63. The van der Waals surface area contributed by atoms with Crippen LogP contribution in [-0.4, -0.2) is 17.9 Å². The maximum atomic E-state index is 12.3. The van der Waals surface area contributed by atoms with Crippen LogP contribution in [0.3, 0.4) is 0 Å². The summed E-state index contributed by atoms with van der Waals surface area (Å²) in [6.45, 7) is 0. The summed E-state index contributed by atoms with van der Waals surface area (Å²) in [4.78, 5) is 17.9. The molecule has 0 aliphatic rings. The van der Waals surface area contributed by atoms with Crippen LogP contribution < -0.4 is 4.90 Å². The Morgan fingerprint density at radius 1 is 1.37 bits per heavy atom. The van der Waals surface area contributed by atoms with Crippen LogP contribution in [0.5, 0.6) is 0 Å². The van der Waals surface area contributed by atoms with Gasteiger partial charge in [0.2, 0.25) is 0 Å². The molecule has 0 aliphatic heterocycles. The van der Waals surface area contributed by atoms with Crippen LogP contribution in [0.1, 0.15) is 15.9 Å². The van der Waals surface area contributed by atoms with Gasteiger partial charge in [-0.15, -0.1) is 0 Å². The highest BCUT2D eigenvalue weighted by Gasteiger charge is 2.16. The molecule has 0 unspecified atom stereocenters. The number of halogens is 1. The molecule has 2 rings (SSSR count). The number of benzene rings is 1. The van der Waals surface area contributed by atoms with Crippen molar-refractivity contribution < 1.29 is 4.79 Å². The summed E-state index contributed by atoms with van der Waals surface area (Å²) >= 11 is 3.36. The van der Waals surface area contributed by atoms with Crippen LogP contribution in [-0.2, 0) is 0 Å². The maximum Gasteiger partial charge on any atom is 0.259 e. The van der Waals surface area contributed by atoms with Crippen LogP contribution in [0.25, 0.3) is 0 Å². The Balaban J connectivity index is 2.34. The highest BCUT2D eigenvalue weighted by molar-refractivity contribution is 9.10. The molecule has 0 saturated heterocycles. The Bertz CT molecular complexity index is 664. The number of hydrogen-bond acceptors (Lipinski definition) is 3. The predicted molar refractivity (Wildman–Crippen MR) is 75.8 cm³/mol. The van der Waals surface area contributed by atoms with E-state index in [0.717, 1.165) is 4.47 Å². The molecule has 1 aromatic heterocycles. The number of amides is 1. The van der Waals surface area contributed by atoms with E-state index in [1.54, 1.807) is 43.6 Å². The monoisotopic (exact) mass is 315 g/mol. The van der Waals surface area contributed by atoms with Crippen LogP contribution in [0.15, 0.2) is 47.1 Å². The van der Waals surface area contributed by atoms with Crippen LogP contribution in [0.2, 0.25) is 0 Å². The molecule has 0 bridgehead atoms. The van der Waals surface area contributed by atoms with Crippen molar-refractivity contribution in [2.45, 2.75) is 0 Å². The lowest BCUT2D eigenvalue weighted by Gasteiger charge is -2.17. The number of hydrogen-bond donors (Lipinski definition) is 0. The maximum absolute atomic E-state index is 12.3. The van der Waals surface area contributed by atoms with Crippen molar-refractivity contribution in [2.75, 3.05) is 11.9 Å². The summed E-state index contributed by atoms with van der Waals surface area (Å²) < 4.78 is 0.738. The zero-order chi connectivity index (χ0) is 13.8. The topological polar surface area (TPSA) is 57.0 Å². The van der Waals surface area contributed by atoms with Crippen molar-refractivity contribution in [1.82, 2.24) is 4.98 Å². The van der Waals surface area contributed by atoms with Crippen molar-refractivity contribution in [1.29, 1.82) is 5.26 Å². The fourth-order valence-corrected chi connectivity index (χ4v) is 2.16. The van der Waals surface area contributed by atoms with E-state index >= 15 is 0 Å². The first-order valence-electron chi connectivity index (χ1n) is 5.52. The summed E-state index contributed by atoms with van der Waals surface area (Å²) in [7, 11) is 1.65. The third-order valence-electron chi connectivity index (χ3n) is 2.60. The molecule has 5 heteroatoms. The van der Waals surface area contributed by atoms with Crippen LogP contribution in [0.4, 0.5) is 5.82 Å². The molecule has 0 radical (unpaired) electrons. The van der Waals surface area contributed by atoms with Crippen molar-refractivity contribution in [3.05, 3.63) is 58.2 Å². The summed E-state index contributed by atoms with van der Waals surface area (Å²) in [5, 5.41) is 8.85. The number of pyridine rings is 1. The van der Waals surface area contributed by atoms with E-state index in [-0.39, 0.29) is 5.91 Å². The summed E-state index contributed by atoms with van der Waals surface area (Å²) in [5.74, 6) is 0.325. The molecule has 0 atom stereocenters. The molecular formula is C14H10BrN3O. The first-order valence-corrected chi connectivity index (χ1v) is 6.31. The minimum Gasteiger partial charge on any atom is -0.295 e. The van der Waals surface area contributed by atoms with E-state index < -0.39 is 0 Å². The van der Waals surface area contributed by atoms with E-state index in [2.05, 4.69) is 20.9 Å². The Hall–Kier alpha value is -2.19. The fraction of sp³-hybridized carbons (Fsp3) is 0.0714. The largest absolute Gasteiger partial charge is 0.295 e. The van der Waals surface area contributed by atoms with Gasteiger partial charge in [0.1, 0.15) is 5.82 Å². The predicted octanol–water partition coefficient (Wildman–Crippen LogP) is 2.99. The van der Waals surface area contributed by atoms with Gasteiger partial charge >= 0.3 is 0 Å². The minimum atomic E-state index is -0.212. The lowest BCUT2D eigenvalue weighted by atomic mass is 10.1. The first-order chi connectivity index (χ1) is 9.13. The van der Waals surface area contributed by atoms with Gasteiger partial charge in [-0.3, -0.25) is 9.69 Å². The molecule has 0 N–H and O–H groups in total. The Kier molecular flexibility index (Phi) is 3.93. The fourth-order valence-electron chi connectivity index (χ4n) is 1.64. The SMILES string of the molecule is CN(C(=O)c1cccc(C#N)c1)c1ncccc1Br. The number of carbonyl (C=O) groups excluding carboxylic acids is 1. The van der Waals surface area contributed by atoms with E-state index in [0.29, 0.717) is 16.9 Å². The second-order valence-electron chi connectivity index (χ2n) is 3.87. The minimum absolute atomic E-state index is 0.212. The van der Waals surface area contributed by atoms with Crippen molar-refractivity contribution in [3.63, 3.8) is 0 Å². The number of aromatic nitrogens is 1. The van der Waals surface area contributed by atoms with Gasteiger partial charge in [0.25, 0.3) is 5.91 Å². The number of anilines is 1. The molecule has 94 valence electrons.